The first-order chi connectivity index (χ1) is 10.2. The third kappa shape index (κ3) is 5.65. The molecule has 4 heteroatoms. The SMILES string of the molecule is Ic1ccccc1NC1CCCC1.Nc1ccccc1I. The Labute approximate surface area is 154 Å². The standard InChI is InChI=1S/C11H14IN.C6H6IN/c12-10-7-3-4-8-11(10)13-9-5-1-2-6-9;7-5-3-1-2-4-6(5)8/h3-4,7-9,13H,1-2,5-6H2;1-4H,8H2. The molecular formula is C17H20I2N2. The van der Waals surface area contributed by atoms with E-state index >= 15 is 0 Å². The van der Waals surface area contributed by atoms with Crippen molar-refractivity contribution in [1.82, 2.24) is 0 Å². The molecule has 1 fully saturated rings. The summed E-state index contributed by atoms with van der Waals surface area (Å²) in [7, 11) is 0. The van der Waals surface area contributed by atoms with Gasteiger partial charge in [0.25, 0.3) is 0 Å². The molecule has 1 aliphatic carbocycles. The smallest absolute Gasteiger partial charge is 0.0478 e. The molecule has 0 radical (unpaired) electrons. The quantitative estimate of drug-likeness (QED) is 0.416. The maximum absolute atomic E-state index is 5.51. The van der Waals surface area contributed by atoms with Gasteiger partial charge in [0.2, 0.25) is 0 Å². The summed E-state index contributed by atoms with van der Waals surface area (Å²) < 4.78 is 2.44. The van der Waals surface area contributed by atoms with Gasteiger partial charge < -0.3 is 11.1 Å². The van der Waals surface area contributed by atoms with Gasteiger partial charge in [-0.25, -0.2) is 0 Å². The number of hydrogen-bond acceptors (Lipinski definition) is 2. The summed E-state index contributed by atoms with van der Waals surface area (Å²) in [5, 5.41) is 3.60. The molecule has 0 aliphatic heterocycles. The molecule has 0 unspecified atom stereocenters. The lowest BCUT2D eigenvalue weighted by Crippen LogP contribution is -2.15. The number of anilines is 2. The number of para-hydroxylation sites is 2. The minimum absolute atomic E-state index is 0.718. The van der Waals surface area contributed by atoms with Crippen LogP contribution < -0.4 is 11.1 Å². The minimum atomic E-state index is 0.718. The zero-order valence-electron chi connectivity index (χ0n) is 11.9. The van der Waals surface area contributed by atoms with Crippen LogP contribution in [0.15, 0.2) is 48.5 Å². The Morgan fingerprint density at radius 1 is 0.857 bits per heavy atom. The van der Waals surface area contributed by atoms with Gasteiger partial charge in [-0.3, -0.25) is 0 Å². The van der Waals surface area contributed by atoms with Gasteiger partial charge in [-0.2, -0.15) is 0 Å². The average Bonchev–Trinajstić information content (AvgIpc) is 2.98. The van der Waals surface area contributed by atoms with Gasteiger partial charge in [-0.15, -0.1) is 0 Å². The van der Waals surface area contributed by atoms with Crippen LogP contribution in [-0.4, -0.2) is 6.04 Å². The van der Waals surface area contributed by atoms with E-state index in [1.807, 2.05) is 24.3 Å². The molecule has 0 atom stereocenters. The second-order valence-corrected chi connectivity index (χ2v) is 7.45. The second-order valence-electron chi connectivity index (χ2n) is 5.13. The van der Waals surface area contributed by atoms with E-state index in [1.165, 1.54) is 34.9 Å². The van der Waals surface area contributed by atoms with Crippen LogP contribution in [0.2, 0.25) is 0 Å². The highest BCUT2D eigenvalue weighted by Crippen LogP contribution is 2.24. The summed E-state index contributed by atoms with van der Waals surface area (Å²) in [6.45, 7) is 0. The van der Waals surface area contributed by atoms with Crippen molar-refractivity contribution in [3.8, 4) is 0 Å². The van der Waals surface area contributed by atoms with Gasteiger partial charge >= 0.3 is 0 Å². The Kier molecular flexibility index (Phi) is 7.09. The van der Waals surface area contributed by atoms with E-state index in [2.05, 4.69) is 74.8 Å². The molecule has 112 valence electrons. The number of nitrogens with two attached hydrogens (primary N) is 1. The van der Waals surface area contributed by atoms with Crippen LogP contribution in [0, 0.1) is 7.14 Å². The van der Waals surface area contributed by atoms with E-state index in [0.29, 0.717) is 0 Å². The Morgan fingerprint density at radius 3 is 1.95 bits per heavy atom. The molecule has 0 bridgehead atoms. The molecule has 3 N–H and O–H groups in total. The molecule has 0 amide bonds. The average molecular weight is 506 g/mol. The zero-order chi connectivity index (χ0) is 15.1. The van der Waals surface area contributed by atoms with Crippen molar-refractivity contribution < 1.29 is 0 Å². The minimum Gasteiger partial charge on any atom is -0.398 e. The van der Waals surface area contributed by atoms with E-state index in [4.69, 9.17) is 5.73 Å². The van der Waals surface area contributed by atoms with E-state index in [1.54, 1.807) is 0 Å². The molecule has 2 aromatic carbocycles. The lowest BCUT2D eigenvalue weighted by atomic mass is 10.2. The van der Waals surface area contributed by atoms with Crippen LogP contribution in [-0.2, 0) is 0 Å². The van der Waals surface area contributed by atoms with Crippen molar-refractivity contribution in [2.75, 3.05) is 11.1 Å². The number of benzene rings is 2. The van der Waals surface area contributed by atoms with Crippen LogP contribution in [0.3, 0.4) is 0 Å². The maximum Gasteiger partial charge on any atom is 0.0478 e. The molecule has 3 rings (SSSR count). The van der Waals surface area contributed by atoms with Crippen LogP contribution in [0.1, 0.15) is 25.7 Å². The number of nitrogen functional groups attached to an aromatic ring is 1. The summed E-state index contributed by atoms with van der Waals surface area (Å²) in [4.78, 5) is 0. The largest absolute Gasteiger partial charge is 0.398 e. The highest BCUT2D eigenvalue weighted by atomic mass is 127. The fraction of sp³-hybridized carbons (Fsp3) is 0.294. The zero-order valence-corrected chi connectivity index (χ0v) is 16.2. The molecule has 2 aromatic rings. The van der Waals surface area contributed by atoms with Crippen molar-refractivity contribution in [1.29, 1.82) is 0 Å². The normalized spacial score (nSPS) is 14.4. The van der Waals surface area contributed by atoms with Crippen LogP contribution in [0.5, 0.6) is 0 Å². The van der Waals surface area contributed by atoms with Gasteiger partial charge in [0.05, 0.1) is 0 Å². The fourth-order valence-electron chi connectivity index (χ4n) is 2.34. The molecule has 0 saturated heterocycles. The van der Waals surface area contributed by atoms with E-state index < -0.39 is 0 Å². The van der Waals surface area contributed by atoms with Crippen molar-refractivity contribution in [3.05, 3.63) is 55.7 Å². The molecule has 1 saturated carbocycles. The molecular weight excluding hydrogens is 486 g/mol. The van der Waals surface area contributed by atoms with Gasteiger partial charge in [0.1, 0.15) is 0 Å². The van der Waals surface area contributed by atoms with Crippen molar-refractivity contribution in [2.24, 2.45) is 0 Å². The first-order valence-electron chi connectivity index (χ1n) is 7.18. The molecule has 2 nitrogen and oxygen atoms in total. The number of halogens is 2. The van der Waals surface area contributed by atoms with Crippen molar-refractivity contribution in [2.45, 2.75) is 31.7 Å². The van der Waals surface area contributed by atoms with Gasteiger partial charge in [0.15, 0.2) is 0 Å². The summed E-state index contributed by atoms with van der Waals surface area (Å²) in [6.07, 6.45) is 5.46. The molecule has 0 aromatic heterocycles. The summed E-state index contributed by atoms with van der Waals surface area (Å²) in [5.74, 6) is 0. The Morgan fingerprint density at radius 2 is 1.43 bits per heavy atom. The molecule has 1 aliphatic rings. The van der Waals surface area contributed by atoms with Crippen LogP contribution in [0.25, 0.3) is 0 Å². The Hall–Kier alpha value is -0.500. The second kappa shape index (κ2) is 8.82. The topological polar surface area (TPSA) is 38.0 Å². The third-order valence-electron chi connectivity index (χ3n) is 3.49. The first kappa shape index (κ1) is 16.9. The van der Waals surface area contributed by atoms with Gasteiger partial charge in [-0.05, 0) is 82.3 Å². The van der Waals surface area contributed by atoms with Crippen LogP contribution in [0.4, 0.5) is 11.4 Å². The van der Waals surface area contributed by atoms with Crippen LogP contribution >= 0.6 is 45.2 Å². The first-order valence-corrected chi connectivity index (χ1v) is 9.33. The Balaban J connectivity index is 0.000000173. The number of nitrogens with one attached hydrogen (secondary N) is 1. The predicted octanol–water partition coefficient (Wildman–Crippen LogP) is 5.52. The monoisotopic (exact) mass is 506 g/mol. The Bertz CT molecular complexity index is 545. The van der Waals surface area contributed by atoms with Gasteiger partial charge in [-0.1, -0.05) is 37.1 Å². The van der Waals surface area contributed by atoms with Gasteiger partial charge in [0, 0.05) is 24.6 Å². The third-order valence-corrected chi connectivity index (χ3v) is 5.42. The molecule has 0 heterocycles. The fourth-order valence-corrected chi connectivity index (χ4v) is 3.27. The summed E-state index contributed by atoms with van der Waals surface area (Å²) in [6, 6.07) is 17.0. The van der Waals surface area contributed by atoms with E-state index in [0.717, 1.165) is 15.3 Å². The lowest BCUT2D eigenvalue weighted by Gasteiger charge is -2.14. The molecule has 21 heavy (non-hydrogen) atoms. The van der Waals surface area contributed by atoms with Crippen molar-refractivity contribution in [3.63, 3.8) is 0 Å². The number of rotatable bonds is 2. The number of hydrogen-bond donors (Lipinski definition) is 2. The molecule has 0 spiro atoms. The van der Waals surface area contributed by atoms with E-state index in [9.17, 15) is 0 Å². The lowest BCUT2D eigenvalue weighted by molar-refractivity contribution is 0.755. The highest BCUT2D eigenvalue weighted by molar-refractivity contribution is 14.1. The summed E-state index contributed by atoms with van der Waals surface area (Å²) >= 11 is 4.58. The highest BCUT2D eigenvalue weighted by Gasteiger charge is 2.14. The predicted molar refractivity (Wildman–Crippen MR) is 109 cm³/mol. The van der Waals surface area contributed by atoms with Crippen molar-refractivity contribution >= 4 is 56.6 Å². The van der Waals surface area contributed by atoms with E-state index in [-0.39, 0.29) is 0 Å². The maximum atomic E-state index is 5.51. The summed E-state index contributed by atoms with van der Waals surface area (Å²) in [5.41, 5.74) is 7.67.